The summed E-state index contributed by atoms with van der Waals surface area (Å²) in [4.78, 5) is 11.9. The summed E-state index contributed by atoms with van der Waals surface area (Å²) in [6.07, 6.45) is 2.53. The molecule has 1 heterocycles. The molecular formula is C9H11NOS. The monoisotopic (exact) mass is 181 g/mol. The van der Waals surface area contributed by atoms with Crippen molar-refractivity contribution in [3.05, 3.63) is 28.0 Å². The smallest absolute Gasteiger partial charge is 0.244 e. The van der Waals surface area contributed by atoms with Crippen molar-refractivity contribution in [2.75, 3.05) is 0 Å². The molecule has 1 rings (SSSR count). The molecule has 1 aromatic heterocycles. The fraction of sp³-hybridized carbons (Fsp3) is 0.222. The highest BCUT2D eigenvalue weighted by molar-refractivity contribution is 7.10. The quantitative estimate of drug-likeness (QED) is 0.712. The molecule has 2 nitrogen and oxygen atoms in total. The molecule has 3 heteroatoms. The predicted molar refractivity (Wildman–Crippen MR) is 51.8 cm³/mol. The van der Waals surface area contributed by atoms with Crippen LogP contribution in [0.5, 0.6) is 0 Å². The summed E-state index contributed by atoms with van der Waals surface area (Å²) in [6, 6.07) is 3.91. The molecule has 1 aromatic rings. The minimum atomic E-state index is -0.328. The Morgan fingerprint density at radius 2 is 2.50 bits per heavy atom. The van der Waals surface area contributed by atoms with Crippen molar-refractivity contribution in [3.8, 4) is 0 Å². The summed E-state index contributed by atoms with van der Waals surface area (Å²) in [5, 5.41) is 1.97. The van der Waals surface area contributed by atoms with Crippen LogP contribution in [-0.2, 0) is 4.79 Å². The lowest BCUT2D eigenvalue weighted by atomic mass is 10.2. The van der Waals surface area contributed by atoms with Gasteiger partial charge >= 0.3 is 0 Å². The van der Waals surface area contributed by atoms with Gasteiger partial charge in [0.2, 0.25) is 5.91 Å². The Balaban J connectivity index is 2.85. The average molecular weight is 181 g/mol. The van der Waals surface area contributed by atoms with Crippen LogP contribution in [0.2, 0.25) is 0 Å². The topological polar surface area (TPSA) is 43.1 Å². The summed E-state index contributed by atoms with van der Waals surface area (Å²) >= 11 is 1.60. The van der Waals surface area contributed by atoms with Crippen LogP contribution in [0.4, 0.5) is 0 Å². The van der Waals surface area contributed by atoms with Gasteiger partial charge in [0.05, 0.1) is 0 Å². The zero-order chi connectivity index (χ0) is 8.97. The normalized spacial score (nSPS) is 11.6. The van der Waals surface area contributed by atoms with E-state index in [1.165, 1.54) is 0 Å². The zero-order valence-corrected chi connectivity index (χ0v) is 7.73. The van der Waals surface area contributed by atoms with Crippen molar-refractivity contribution in [1.29, 1.82) is 0 Å². The van der Waals surface area contributed by atoms with Crippen molar-refractivity contribution in [3.63, 3.8) is 0 Å². The molecule has 0 bridgehead atoms. The summed E-state index contributed by atoms with van der Waals surface area (Å²) in [6.45, 7) is 1.92. The Labute approximate surface area is 75.7 Å². The number of hydrogen-bond donors (Lipinski definition) is 1. The Kier molecular flexibility index (Phi) is 3.05. The molecule has 0 radical (unpaired) electrons. The van der Waals surface area contributed by atoms with Gasteiger partial charge in [-0.25, -0.2) is 0 Å². The number of thiophene rings is 1. The molecule has 0 aromatic carbocycles. The molecule has 0 aliphatic rings. The van der Waals surface area contributed by atoms with E-state index in [1.54, 1.807) is 11.3 Å². The number of carbonyl (C=O) groups excluding carboxylic acids is 1. The molecule has 12 heavy (non-hydrogen) atoms. The van der Waals surface area contributed by atoms with Crippen LogP contribution in [-0.4, -0.2) is 5.91 Å². The first-order valence-corrected chi connectivity index (χ1v) is 4.66. The SMILES string of the molecule is CC/C(=C\c1cccs1)C(N)=O. The number of hydrogen-bond acceptors (Lipinski definition) is 2. The molecule has 0 saturated carbocycles. The van der Waals surface area contributed by atoms with Gasteiger partial charge in [0.15, 0.2) is 0 Å². The van der Waals surface area contributed by atoms with Crippen LogP contribution in [0.3, 0.4) is 0 Å². The first-order valence-electron chi connectivity index (χ1n) is 3.78. The number of rotatable bonds is 3. The van der Waals surface area contributed by atoms with E-state index in [4.69, 9.17) is 5.73 Å². The van der Waals surface area contributed by atoms with Crippen LogP contribution in [0.15, 0.2) is 23.1 Å². The molecular weight excluding hydrogens is 170 g/mol. The van der Waals surface area contributed by atoms with Crippen molar-refractivity contribution in [2.24, 2.45) is 5.73 Å². The Morgan fingerprint density at radius 1 is 1.75 bits per heavy atom. The lowest BCUT2D eigenvalue weighted by molar-refractivity contribution is -0.114. The van der Waals surface area contributed by atoms with Gasteiger partial charge in [-0.15, -0.1) is 11.3 Å². The summed E-state index contributed by atoms with van der Waals surface area (Å²) in [7, 11) is 0. The highest BCUT2D eigenvalue weighted by atomic mass is 32.1. The van der Waals surface area contributed by atoms with Gasteiger partial charge in [-0.2, -0.15) is 0 Å². The predicted octanol–water partition coefficient (Wildman–Crippen LogP) is 2.03. The van der Waals surface area contributed by atoms with Gasteiger partial charge in [-0.3, -0.25) is 4.79 Å². The summed E-state index contributed by atoms with van der Waals surface area (Å²) in [5.41, 5.74) is 5.84. The highest BCUT2D eigenvalue weighted by Gasteiger charge is 2.01. The molecule has 0 spiro atoms. The van der Waals surface area contributed by atoms with E-state index in [-0.39, 0.29) is 5.91 Å². The average Bonchev–Trinajstić information content (AvgIpc) is 2.51. The second-order valence-corrected chi connectivity index (χ2v) is 3.38. The van der Waals surface area contributed by atoms with Crippen LogP contribution < -0.4 is 5.73 Å². The number of carbonyl (C=O) groups is 1. The van der Waals surface area contributed by atoms with Gasteiger partial charge < -0.3 is 5.73 Å². The molecule has 0 unspecified atom stereocenters. The molecule has 1 amide bonds. The van der Waals surface area contributed by atoms with Crippen molar-refractivity contribution >= 4 is 23.3 Å². The van der Waals surface area contributed by atoms with Crippen molar-refractivity contribution in [1.82, 2.24) is 0 Å². The second-order valence-electron chi connectivity index (χ2n) is 2.40. The third kappa shape index (κ3) is 2.20. The van der Waals surface area contributed by atoms with Gasteiger partial charge in [0.25, 0.3) is 0 Å². The third-order valence-electron chi connectivity index (χ3n) is 1.56. The molecule has 0 saturated heterocycles. The van der Waals surface area contributed by atoms with E-state index < -0.39 is 0 Å². The lowest BCUT2D eigenvalue weighted by Gasteiger charge is -1.95. The van der Waals surface area contributed by atoms with Crippen LogP contribution >= 0.6 is 11.3 Å². The summed E-state index contributed by atoms with van der Waals surface area (Å²) < 4.78 is 0. The Hall–Kier alpha value is -1.09. The van der Waals surface area contributed by atoms with E-state index in [2.05, 4.69) is 0 Å². The number of primary amides is 1. The minimum Gasteiger partial charge on any atom is -0.366 e. The molecule has 0 aliphatic carbocycles. The van der Waals surface area contributed by atoms with Crippen LogP contribution in [0, 0.1) is 0 Å². The molecule has 0 atom stereocenters. The van der Waals surface area contributed by atoms with Crippen LogP contribution in [0.1, 0.15) is 18.2 Å². The fourth-order valence-electron chi connectivity index (χ4n) is 0.893. The standard InChI is InChI=1S/C9H11NOS/c1-2-7(9(10)11)6-8-4-3-5-12-8/h3-6H,2H2,1H3,(H2,10,11)/b7-6+. The van der Waals surface area contributed by atoms with Gasteiger partial charge in [0, 0.05) is 10.5 Å². The third-order valence-corrected chi connectivity index (χ3v) is 2.38. The fourth-order valence-corrected chi connectivity index (χ4v) is 1.57. The number of nitrogens with two attached hydrogens (primary N) is 1. The molecule has 0 fully saturated rings. The zero-order valence-electron chi connectivity index (χ0n) is 6.91. The molecule has 64 valence electrons. The maximum Gasteiger partial charge on any atom is 0.244 e. The number of amides is 1. The molecule has 0 aliphatic heterocycles. The van der Waals surface area contributed by atoms with Crippen molar-refractivity contribution in [2.45, 2.75) is 13.3 Å². The first-order chi connectivity index (χ1) is 5.74. The minimum absolute atomic E-state index is 0.328. The summed E-state index contributed by atoms with van der Waals surface area (Å²) in [5.74, 6) is -0.328. The van der Waals surface area contributed by atoms with Gasteiger partial charge in [0.1, 0.15) is 0 Å². The van der Waals surface area contributed by atoms with Crippen molar-refractivity contribution < 1.29 is 4.79 Å². The maximum absolute atomic E-state index is 10.8. The van der Waals surface area contributed by atoms with E-state index >= 15 is 0 Å². The van der Waals surface area contributed by atoms with Gasteiger partial charge in [-0.05, 0) is 23.9 Å². The first kappa shape index (κ1) is 9.00. The van der Waals surface area contributed by atoms with Gasteiger partial charge in [-0.1, -0.05) is 13.0 Å². The van der Waals surface area contributed by atoms with E-state index in [9.17, 15) is 4.79 Å². The highest BCUT2D eigenvalue weighted by Crippen LogP contribution is 2.14. The Morgan fingerprint density at radius 3 is 2.92 bits per heavy atom. The lowest BCUT2D eigenvalue weighted by Crippen LogP contribution is -2.12. The van der Waals surface area contributed by atoms with E-state index in [1.807, 2.05) is 30.5 Å². The maximum atomic E-state index is 10.8. The molecule has 2 N–H and O–H groups in total. The Bertz CT molecular complexity index is 287. The largest absolute Gasteiger partial charge is 0.366 e. The second kappa shape index (κ2) is 4.07. The van der Waals surface area contributed by atoms with E-state index in [0.29, 0.717) is 12.0 Å². The van der Waals surface area contributed by atoms with Crippen LogP contribution in [0.25, 0.3) is 6.08 Å². The van der Waals surface area contributed by atoms with E-state index in [0.717, 1.165) is 4.88 Å².